The van der Waals surface area contributed by atoms with Crippen LogP contribution in [0.5, 0.6) is 0 Å². The van der Waals surface area contributed by atoms with Gasteiger partial charge in [-0.2, -0.15) is 0 Å². The Bertz CT molecular complexity index is 506. The molecule has 0 aromatic heterocycles. The molecule has 8 heteroatoms. The first kappa shape index (κ1) is 22.7. The number of allylic oxidation sites excluding steroid dienone is 1. The van der Waals surface area contributed by atoms with Crippen LogP contribution in [0.2, 0.25) is 0 Å². The SMILES string of the molecule is CC(O)C=CC1C(C)C(O)C(OC2OC(CO)C(O)C(O)C2O)CC1(C)C. The summed E-state index contributed by atoms with van der Waals surface area (Å²) < 4.78 is 11.2. The fourth-order valence-corrected chi connectivity index (χ4v) is 4.23. The standard InChI is InChI=1S/C19H34O8/c1-9(21)5-6-11-10(2)14(22)12(7-19(11,3)4)26-18-17(25)16(24)15(23)13(8-20)27-18/h5-6,9-18,20-25H,7-8H2,1-4H3. The summed E-state index contributed by atoms with van der Waals surface area (Å²) in [6.07, 6.45) is -4.80. The Morgan fingerprint density at radius 3 is 2.30 bits per heavy atom. The van der Waals surface area contributed by atoms with E-state index in [-0.39, 0.29) is 17.3 Å². The van der Waals surface area contributed by atoms with Crippen molar-refractivity contribution in [2.45, 2.75) is 83.1 Å². The summed E-state index contributed by atoms with van der Waals surface area (Å²) >= 11 is 0. The number of aliphatic hydroxyl groups is 6. The van der Waals surface area contributed by atoms with Crippen LogP contribution in [0, 0.1) is 17.3 Å². The van der Waals surface area contributed by atoms with Crippen molar-refractivity contribution in [2.24, 2.45) is 17.3 Å². The van der Waals surface area contributed by atoms with Crippen LogP contribution in [0.1, 0.15) is 34.1 Å². The van der Waals surface area contributed by atoms with Gasteiger partial charge in [-0.1, -0.05) is 32.9 Å². The van der Waals surface area contributed by atoms with Gasteiger partial charge in [-0.05, 0) is 30.6 Å². The second-order valence-electron chi connectivity index (χ2n) is 8.57. The molecule has 27 heavy (non-hydrogen) atoms. The van der Waals surface area contributed by atoms with Crippen LogP contribution in [-0.2, 0) is 9.47 Å². The topological polar surface area (TPSA) is 140 Å². The van der Waals surface area contributed by atoms with E-state index in [0.717, 1.165) is 0 Å². The molecule has 1 saturated heterocycles. The van der Waals surface area contributed by atoms with Crippen molar-refractivity contribution in [3.63, 3.8) is 0 Å². The molecule has 1 saturated carbocycles. The summed E-state index contributed by atoms with van der Waals surface area (Å²) in [6, 6.07) is 0. The number of hydrogen-bond donors (Lipinski definition) is 6. The monoisotopic (exact) mass is 390 g/mol. The van der Waals surface area contributed by atoms with Crippen LogP contribution in [0.3, 0.4) is 0 Å². The van der Waals surface area contributed by atoms with E-state index in [0.29, 0.717) is 6.42 Å². The highest BCUT2D eigenvalue weighted by atomic mass is 16.7. The van der Waals surface area contributed by atoms with Crippen LogP contribution in [0.15, 0.2) is 12.2 Å². The van der Waals surface area contributed by atoms with Crippen LogP contribution in [-0.4, -0.2) is 86.3 Å². The summed E-state index contributed by atoms with van der Waals surface area (Å²) in [5, 5.41) is 59.5. The van der Waals surface area contributed by atoms with Crippen molar-refractivity contribution in [1.82, 2.24) is 0 Å². The summed E-state index contributed by atoms with van der Waals surface area (Å²) in [6.45, 7) is 7.10. The van der Waals surface area contributed by atoms with Crippen molar-refractivity contribution in [3.8, 4) is 0 Å². The zero-order valence-corrected chi connectivity index (χ0v) is 16.3. The van der Waals surface area contributed by atoms with Gasteiger partial charge < -0.3 is 40.1 Å². The average Bonchev–Trinajstić information content (AvgIpc) is 2.59. The minimum atomic E-state index is -1.52. The molecule has 0 aromatic rings. The van der Waals surface area contributed by atoms with Crippen LogP contribution < -0.4 is 0 Å². The molecule has 158 valence electrons. The second kappa shape index (κ2) is 8.84. The fraction of sp³-hybridized carbons (Fsp3) is 0.895. The molecule has 2 aliphatic rings. The Labute approximate surface area is 160 Å². The van der Waals surface area contributed by atoms with E-state index in [1.807, 2.05) is 26.8 Å². The highest BCUT2D eigenvalue weighted by Gasteiger charge is 2.50. The smallest absolute Gasteiger partial charge is 0.187 e. The van der Waals surface area contributed by atoms with Gasteiger partial charge in [-0.15, -0.1) is 0 Å². The van der Waals surface area contributed by atoms with Crippen LogP contribution in [0.4, 0.5) is 0 Å². The molecule has 10 unspecified atom stereocenters. The molecule has 10 atom stereocenters. The third-order valence-corrected chi connectivity index (χ3v) is 5.87. The predicted molar refractivity (Wildman–Crippen MR) is 96.5 cm³/mol. The zero-order chi connectivity index (χ0) is 20.5. The van der Waals surface area contributed by atoms with E-state index >= 15 is 0 Å². The molecule has 6 N–H and O–H groups in total. The molecule has 1 heterocycles. The second-order valence-corrected chi connectivity index (χ2v) is 8.57. The summed E-state index contributed by atoms with van der Waals surface area (Å²) in [4.78, 5) is 0. The van der Waals surface area contributed by atoms with Gasteiger partial charge in [-0.3, -0.25) is 0 Å². The Morgan fingerprint density at radius 1 is 1.11 bits per heavy atom. The highest BCUT2D eigenvalue weighted by molar-refractivity contribution is 5.06. The molecule has 0 spiro atoms. The van der Waals surface area contributed by atoms with Crippen molar-refractivity contribution in [2.75, 3.05) is 6.61 Å². The van der Waals surface area contributed by atoms with E-state index in [2.05, 4.69) is 0 Å². The van der Waals surface area contributed by atoms with Gasteiger partial charge in [-0.25, -0.2) is 0 Å². The zero-order valence-electron chi connectivity index (χ0n) is 16.3. The quantitative estimate of drug-likeness (QED) is 0.334. The van der Waals surface area contributed by atoms with E-state index in [1.54, 1.807) is 13.0 Å². The van der Waals surface area contributed by atoms with Crippen molar-refractivity contribution < 1.29 is 40.1 Å². The first-order valence-corrected chi connectivity index (χ1v) is 9.50. The lowest BCUT2D eigenvalue weighted by atomic mass is 9.62. The molecule has 8 nitrogen and oxygen atoms in total. The lowest BCUT2D eigenvalue weighted by Crippen LogP contribution is -2.61. The van der Waals surface area contributed by atoms with E-state index < -0.39 is 55.6 Å². The number of ether oxygens (including phenoxy) is 2. The van der Waals surface area contributed by atoms with Crippen LogP contribution in [0.25, 0.3) is 0 Å². The lowest BCUT2D eigenvalue weighted by Gasteiger charge is -2.49. The normalized spacial score (nSPS) is 46.5. The number of rotatable bonds is 5. The van der Waals surface area contributed by atoms with Crippen LogP contribution >= 0.6 is 0 Å². The molecule has 1 aliphatic heterocycles. The van der Waals surface area contributed by atoms with Crippen molar-refractivity contribution in [3.05, 3.63) is 12.2 Å². The minimum absolute atomic E-state index is 0.0109. The molecule has 1 aliphatic carbocycles. The first-order chi connectivity index (χ1) is 12.5. The van der Waals surface area contributed by atoms with Gasteiger partial charge in [0.15, 0.2) is 6.29 Å². The van der Waals surface area contributed by atoms with Gasteiger partial charge in [0.05, 0.1) is 24.9 Å². The highest BCUT2D eigenvalue weighted by Crippen LogP contribution is 2.46. The molecule has 0 radical (unpaired) electrons. The lowest BCUT2D eigenvalue weighted by molar-refractivity contribution is -0.324. The van der Waals surface area contributed by atoms with E-state index in [9.17, 15) is 30.6 Å². The van der Waals surface area contributed by atoms with Gasteiger partial charge in [0.2, 0.25) is 0 Å². The van der Waals surface area contributed by atoms with Gasteiger partial charge in [0.25, 0.3) is 0 Å². The van der Waals surface area contributed by atoms with Crippen molar-refractivity contribution in [1.29, 1.82) is 0 Å². The first-order valence-electron chi connectivity index (χ1n) is 9.50. The third kappa shape index (κ3) is 4.89. The number of hydrogen-bond acceptors (Lipinski definition) is 8. The largest absolute Gasteiger partial charge is 0.394 e. The van der Waals surface area contributed by atoms with E-state index in [1.165, 1.54) is 0 Å². The predicted octanol–water partition coefficient (Wildman–Crippen LogP) is -0.848. The number of aliphatic hydroxyl groups excluding tert-OH is 6. The Morgan fingerprint density at radius 2 is 1.74 bits per heavy atom. The Hall–Kier alpha value is -0.580. The molecule has 0 bridgehead atoms. The maximum Gasteiger partial charge on any atom is 0.187 e. The summed E-state index contributed by atoms with van der Waals surface area (Å²) in [7, 11) is 0. The van der Waals surface area contributed by atoms with Crippen molar-refractivity contribution >= 4 is 0 Å². The minimum Gasteiger partial charge on any atom is -0.394 e. The maximum atomic E-state index is 10.7. The molecule has 2 fully saturated rings. The molecular weight excluding hydrogens is 356 g/mol. The fourth-order valence-electron chi connectivity index (χ4n) is 4.23. The molecule has 2 rings (SSSR count). The third-order valence-electron chi connectivity index (χ3n) is 5.87. The van der Waals surface area contributed by atoms with Gasteiger partial charge in [0.1, 0.15) is 24.4 Å². The summed E-state index contributed by atoms with van der Waals surface area (Å²) in [5.74, 6) is -0.171. The maximum absolute atomic E-state index is 10.7. The Balaban J connectivity index is 2.13. The molecular formula is C19H34O8. The molecule has 0 amide bonds. The van der Waals surface area contributed by atoms with E-state index in [4.69, 9.17) is 9.47 Å². The summed E-state index contributed by atoms with van der Waals surface area (Å²) in [5.41, 5.74) is -0.261. The Kier molecular flexibility index (Phi) is 7.43. The molecule has 0 aromatic carbocycles. The average molecular weight is 390 g/mol. The van der Waals surface area contributed by atoms with Gasteiger partial charge in [0, 0.05) is 0 Å². The van der Waals surface area contributed by atoms with Gasteiger partial charge >= 0.3 is 0 Å².